The second kappa shape index (κ2) is 5.99. The minimum atomic E-state index is -4.41. The molecule has 20 heavy (non-hydrogen) atoms. The van der Waals surface area contributed by atoms with Crippen molar-refractivity contribution in [2.24, 2.45) is 0 Å². The van der Waals surface area contributed by atoms with E-state index in [1.54, 1.807) is 6.07 Å². The molecule has 0 saturated carbocycles. The number of hydrogen-bond donors (Lipinski definition) is 0. The first-order valence-corrected chi connectivity index (χ1v) is 8.30. The molecule has 2 aromatic rings. The molecule has 0 saturated heterocycles. The number of aryl methyl sites for hydroxylation is 1. The van der Waals surface area contributed by atoms with Gasteiger partial charge < -0.3 is 0 Å². The highest BCUT2D eigenvalue weighted by molar-refractivity contribution is 9.11. The molecule has 2 rings (SSSR count). The zero-order valence-electron chi connectivity index (χ0n) is 10.1. The van der Waals surface area contributed by atoms with Crippen molar-refractivity contribution in [3.8, 4) is 0 Å². The molecular weight excluding hydrogens is 440 g/mol. The minimum Gasteiger partial charge on any atom is -0.166 e. The van der Waals surface area contributed by atoms with Crippen LogP contribution in [-0.4, -0.2) is 0 Å². The lowest BCUT2D eigenvalue weighted by molar-refractivity contribution is -0.138. The standard InChI is InChI=1S/C13H8Br2ClF3S/c1-6-8(5-11(15)20-6)12(16)7-2-3-10(14)9(4-7)13(17,18)19/h2-5,12H,1H3. The van der Waals surface area contributed by atoms with Gasteiger partial charge in [-0.15, -0.1) is 22.9 Å². The smallest absolute Gasteiger partial charge is 0.166 e. The van der Waals surface area contributed by atoms with Gasteiger partial charge in [0.25, 0.3) is 0 Å². The average molecular weight is 449 g/mol. The molecule has 0 aliphatic rings. The SMILES string of the molecule is Cc1sc(Br)cc1C(Cl)c1ccc(Br)c(C(F)(F)F)c1. The van der Waals surface area contributed by atoms with E-state index in [2.05, 4.69) is 31.9 Å². The molecule has 0 nitrogen and oxygen atoms in total. The summed E-state index contributed by atoms with van der Waals surface area (Å²) >= 11 is 14.1. The van der Waals surface area contributed by atoms with Gasteiger partial charge in [-0.2, -0.15) is 13.2 Å². The summed E-state index contributed by atoms with van der Waals surface area (Å²) in [6.07, 6.45) is -4.41. The molecule has 0 radical (unpaired) electrons. The maximum Gasteiger partial charge on any atom is 0.417 e. The summed E-state index contributed by atoms with van der Waals surface area (Å²) in [5.74, 6) is 0. The summed E-state index contributed by atoms with van der Waals surface area (Å²) < 4.78 is 39.6. The second-order valence-electron chi connectivity index (χ2n) is 4.16. The van der Waals surface area contributed by atoms with Crippen molar-refractivity contribution >= 4 is 54.8 Å². The number of hydrogen-bond acceptors (Lipinski definition) is 1. The van der Waals surface area contributed by atoms with Crippen molar-refractivity contribution in [3.05, 3.63) is 54.1 Å². The molecule has 0 N–H and O–H groups in total. The fourth-order valence-electron chi connectivity index (χ4n) is 1.81. The first-order chi connectivity index (χ1) is 9.20. The first kappa shape index (κ1) is 16.3. The Morgan fingerprint density at radius 1 is 1.20 bits per heavy atom. The van der Waals surface area contributed by atoms with Crippen LogP contribution < -0.4 is 0 Å². The second-order valence-corrected chi connectivity index (χ2v) is 8.09. The summed E-state index contributed by atoms with van der Waals surface area (Å²) in [7, 11) is 0. The Kier molecular flexibility index (Phi) is 4.89. The van der Waals surface area contributed by atoms with Gasteiger partial charge in [0.05, 0.1) is 14.7 Å². The molecule has 1 heterocycles. The Bertz CT molecular complexity index is 637. The minimum absolute atomic E-state index is 0.0147. The van der Waals surface area contributed by atoms with Gasteiger partial charge >= 0.3 is 6.18 Å². The summed E-state index contributed by atoms with van der Waals surface area (Å²) in [5.41, 5.74) is 0.530. The largest absolute Gasteiger partial charge is 0.417 e. The molecular formula is C13H8Br2ClF3S. The van der Waals surface area contributed by atoms with E-state index in [4.69, 9.17) is 11.6 Å². The first-order valence-electron chi connectivity index (χ1n) is 5.46. The lowest BCUT2D eigenvalue weighted by Crippen LogP contribution is -2.07. The van der Waals surface area contributed by atoms with Crippen LogP contribution >= 0.6 is 54.8 Å². The van der Waals surface area contributed by atoms with Crippen LogP contribution in [0.15, 0.2) is 32.5 Å². The van der Waals surface area contributed by atoms with E-state index in [0.717, 1.165) is 20.3 Å². The van der Waals surface area contributed by atoms with Crippen LogP contribution in [0.4, 0.5) is 13.2 Å². The normalized spacial score (nSPS) is 13.6. The summed E-state index contributed by atoms with van der Waals surface area (Å²) in [6, 6.07) is 5.91. The molecule has 0 bridgehead atoms. The van der Waals surface area contributed by atoms with Crippen LogP contribution in [-0.2, 0) is 6.18 Å². The molecule has 7 heteroatoms. The molecule has 0 spiro atoms. The van der Waals surface area contributed by atoms with E-state index in [1.165, 1.54) is 17.4 Å². The topological polar surface area (TPSA) is 0 Å². The van der Waals surface area contributed by atoms with E-state index in [1.807, 2.05) is 13.0 Å². The van der Waals surface area contributed by atoms with E-state index < -0.39 is 17.1 Å². The van der Waals surface area contributed by atoms with Crippen LogP contribution in [0.3, 0.4) is 0 Å². The van der Waals surface area contributed by atoms with Crippen LogP contribution in [0.5, 0.6) is 0 Å². The Hall–Kier alpha value is -0.0400. The van der Waals surface area contributed by atoms with Gasteiger partial charge in [-0.25, -0.2) is 0 Å². The monoisotopic (exact) mass is 446 g/mol. The Morgan fingerprint density at radius 3 is 2.35 bits per heavy atom. The van der Waals surface area contributed by atoms with Gasteiger partial charge in [0, 0.05) is 9.35 Å². The van der Waals surface area contributed by atoms with Crippen LogP contribution in [0.25, 0.3) is 0 Å². The lowest BCUT2D eigenvalue weighted by atomic mass is 10.0. The van der Waals surface area contributed by atoms with Gasteiger partial charge in [-0.05, 0) is 52.2 Å². The van der Waals surface area contributed by atoms with Crippen molar-refractivity contribution in [2.45, 2.75) is 18.5 Å². The van der Waals surface area contributed by atoms with Crippen LogP contribution in [0.1, 0.15) is 26.9 Å². The Labute approximate surface area is 140 Å². The fourth-order valence-corrected chi connectivity index (χ4v) is 4.45. The number of thiophene rings is 1. The van der Waals surface area contributed by atoms with Crippen molar-refractivity contribution in [1.29, 1.82) is 0 Å². The maximum absolute atomic E-state index is 12.9. The Morgan fingerprint density at radius 2 is 1.85 bits per heavy atom. The van der Waals surface area contributed by atoms with Crippen molar-refractivity contribution in [3.63, 3.8) is 0 Å². The molecule has 108 valence electrons. The fraction of sp³-hybridized carbons (Fsp3) is 0.231. The molecule has 0 aliphatic carbocycles. The van der Waals surface area contributed by atoms with Gasteiger partial charge in [0.2, 0.25) is 0 Å². The number of halogens is 6. The van der Waals surface area contributed by atoms with Crippen molar-refractivity contribution in [2.75, 3.05) is 0 Å². The summed E-state index contributed by atoms with van der Waals surface area (Å²) in [6.45, 7) is 1.89. The molecule has 1 aromatic carbocycles. The van der Waals surface area contributed by atoms with E-state index in [0.29, 0.717) is 5.56 Å². The summed E-state index contributed by atoms with van der Waals surface area (Å²) in [4.78, 5) is 0.980. The molecule has 0 fully saturated rings. The highest BCUT2D eigenvalue weighted by Gasteiger charge is 2.33. The third-order valence-electron chi connectivity index (χ3n) is 2.79. The maximum atomic E-state index is 12.9. The van der Waals surface area contributed by atoms with Crippen molar-refractivity contribution in [1.82, 2.24) is 0 Å². The number of benzene rings is 1. The van der Waals surface area contributed by atoms with Crippen LogP contribution in [0, 0.1) is 6.92 Å². The molecule has 1 unspecified atom stereocenters. The van der Waals surface area contributed by atoms with Crippen LogP contribution in [0.2, 0.25) is 0 Å². The predicted octanol–water partition coefficient (Wildman–Crippen LogP) is 6.93. The summed E-state index contributed by atoms with van der Waals surface area (Å²) in [5, 5.41) is -0.605. The average Bonchev–Trinajstić information content (AvgIpc) is 2.66. The highest BCUT2D eigenvalue weighted by Crippen LogP contribution is 2.41. The zero-order valence-corrected chi connectivity index (χ0v) is 14.8. The Balaban J connectivity index is 2.46. The third kappa shape index (κ3) is 3.40. The zero-order chi connectivity index (χ0) is 15.1. The van der Waals surface area contributed by atoms with E-state index in [9.17, 15) is 13.2 Å². The highest BCUT2D eigenvalue weighted by atomic mass is 79.9. The van der Waals surface area contributed by atoms with E-state index >= 15 is 0 Å². The molecule has 1 atom stereocenters. The van der Waals surface area contributed by atoms with Gasteiger partial charge in [-0.1, -0.05) is 22.0 Å². The van der Waals surface area contributed by atoms with E-state index in [-0.39, 0.29) is 4.47 Å². The molecule has 0 amide bonds. The molecule has 0 aliphatic heterocycles. The number of alkyl halides is 4. The molecule has 1 aromatic heterocycles. The van der Waals surface area contributed by atoms with Crippen molar-refractivity contribution < 1.29 is 13.2 Å². The lowest BCUT2D eigenvalue weighted by Gasteiger charge is -2.14. The van der Waals surface area contributed by atoms with Gasteiger partial charge in [0.15, 0.2) is 0 Å². The third-order valence-corrected chi connectivity index (χ3v) is 5.54. The predicted molar refractivity (Wildman–Crippen MR) is 83.6 cm³/mol. The number of rotatable bonds is 2. The van der Waals surface area contributed by atoms with Gasteiger partial charge in [-0.3, -0.25) is 0 Å². The quantitative estimate of drug-likeness (QED) is 0.437. The van der Waals surface area contributed by atoms with Gasteiger partial charge in [0.1, 0.15) is 0 Å².